The molecule has 0 aliphatic rings. The van der Waals surface area contributed by atoms with Gasteiger partial charge in [-0.3, -0.25) is 9.59 Å². The average Bonchev–Trinajstić information content (AvgIpc) is 2.67. The fourth-order valence-corrected chi connectivity index (χ4v) is 2.76. The number of ether oxygens (including phenoxy) is 1. The molecule has 3 aromatic carbocycles. The van der Waals surface area contributed by atoms with E-state index < -0.39 is 0 Å². The number of rotatable bonds is 6. The Morgan fingerprint density at radius 3 is 2.36 bits per heavy atom. The first-order chi connectivity index (χ1) is 13.5. The quantitative estimate of drug-likeness (QED) is 0.623. The Bertz CT molecular complexity index is 1000. The molecule has 0 aromatic heterocycles. The fraction of sp³-hybridized carbons (Fsp3) is 0.0909. The van der Waals surface area contributed by atoms with Crippen molar-refractivity contribution in [2.75, 3.05) is 17.2 Å². The molecular formula is C22H19ClN2O3. The van der Waals surface area contributed by atoms with Gasteiger partial charge in [-0.15, -0.1) is 0 Å². The van der Waals surface area contributed by atoms with Crippen LogP contribution in [0, 0.1) is 6.92 Å². The van der Waals surface area contributed by atoms with Crippen LogP contribution in [0.4, 0.5) is 11.4 Å². The molecule has 28 heavy (non-hydrogen) atoms. The van der Waals surface area contributed by atoms with Crippen molar-refractivity contribution < 1.29 is 14.3 Å². The summed E-state index contributed by atoms with van der Waals surface area (Å²) in [6.07, 6.45) is 0. The smallest absolute Gasteiger partial charge is 0.262 e. The number of carbonyl (C=O) groups excluding carboxylic acids is 2. The van der Waals surface area contributed by atoms with Crippen molar-refractivity contribution >= 4 is 34.8 Å². The summed E-state index contributed by atoms with van der Waals surface area (Å²) in [6, 6.07) is 21.0. The molecule has 5 nitrogen and oxygen atoms in total. The highest BCUT2D eigenvalue weighted by molar-refractivity contribution is 6.31. The zero-order valence-electron chi connectivity index (χ0n) is 15.2. The third-order valence-corrected chi connectivity index (χ3v) is 4.18. The van der Waals surface area contributed by atoms with Gasteiger partial charge in [0.15, 0.2) is 6.61 Å². The Morgan fingerprint density at radius 2 is 1.61 bits per heavy atom. The lowest BCUT2D eigenvalue weighted by molar-refractivity contribution is -0.118. The van der Waals surface area contributed by atoms with E-state index in [1.165, 1.54) is 0 Å². The molecule has 0 saturated heterocycles. The molecule has 0 unspecified atom stereocenters. The van der Waals surface area contributed by atoms with Gasteiger partial charge < -0.3 is 15.4 Å². The molecule has 0 bridgehead atoms. The van der Waals surface area contributed by atoms with Crippen molar-refractivity contribution in [3.63, 3.8) is 0 Å². The first kappa shape index (κ1) is 19.5. The lowest BCUT2D eigenvalue weighted by Crippen LogP contribution is -2.20. The predicted octanol–water partition coefficient (Wildman–Crippen LogP) is 4.92. The number of amides is 2. The third kappa shape index (κ3) is 5.34. The first-order valence-electron chi connectivity index (χ1n) is 8.66. The highest BCUT2D eigenvalue weighted by Gasteiger charge is 2.10. The summed E-state index contributed by atoms with van der Waals surface area (Å²) in [5, 5.41) is 6.04. The van der Waals surface area contributed by atoms with Gasteiger partial charge in [0.2, 0.25) is 0 Å². The maximum absolute atomic E-state index is 12.4. The first-order valence-corrected chi connectivity index (χ1v) is 9.04. The predicted molar refractivity (Wildman–Crippen MR) is 111 cm³/mol. The minimum absolute atomic E-state index is 0.121. The fourth-order valence-electron chi connectivity index (χ4n) is 2.57. The lowest BCUT2D eigenvalue weighted by atomic mass is 10.2. The minimum atomic E-state index is -0.310. The van der Waals surface area contributed by atoms with Gasteiger partial charge in [-0.25, -0.2) is 0 Å². The molecule has 0 heterocycles. The van der Waals surface area contributed by atoms with E-state index in [0.29, 0.717) is 27.7 Å². The Balaban J connectivity index is 1.60. The topological polar surface area (TPSA) is 67.4 Å². The van der Waals surface area contributed by atoms with Gasteiger partial charge >= 0.3 is 0 Å². The molecule has 2 amide bonds. The maximum Gasteiger partial charge on any atom is 0.262 e. The van der Waals surface area contributed by atoms with Crippen LogP contribution in [-0.2, 0) is 4.79 Å². The zero-order chi connectivity index (χ0) is 19.9. The van der Waals surface area contributed by atoms with Gasteiger partial charge in [0.1, 0.15) is 5.75 Å². The normalized spacial score (nSPS) is 10.2. The van der Waals surface area contributed by atoms with Crippen LogP contribution in [0.5, 0.6) is 5.75 Å². The molecule has 0 radical (unpaired) electrons. The molecule has 0 atom stereocenters. The highest BCUT2D eigenvalue weighted by atomic mass is 35.5. The van der Waals surface area contributed by atoms with Crippen molar-refractivity contribution in [1.29, 1.82) is 0 Å². The number of hydrogen-bond acceptors (Lipinski definition) is 3. The molecule has 3 rings (SSSR count). The van der Waals surface area contributed by atoms with E-state index in [9.17, 15) is 9.59 Å². The highest BCUT2D eigenvalue weighted by Crippen LogP contribution is 2.18. The number of hydrogen-bond donors (Lipinski definition) is 2. The zero-order valence-corrected chi connectivity index (χ0v) is 16.0. The number of aryl methyl sites for hydroxylation is 1. The van der Waals surface area contributed by atoms with Gasteiger partial charge in [-0.1, -0.05) is 41.9 Å². The summed E-state index contributed by atoms with van der Waals surface area (Å²) in [5.74, 6) is 0.0532. The van der Waals surface area contributed by atoms with Crippen molar-refractivity contribution in [1.82, 2.24) is 0 Å². The van der Waals surface area contributed by atoms with E-state index in [-0.39, 0.29) is 18.4 Å². The molecule has 3 aromatic rings. The second-order valence-corrected chi connectivity index (χ2v) is 6.58. The molecule has 0 saturated carbocycles. The summed E-state index contributed by atoms with van der Waals surface area (Å²) in [4.78, 5) is 24.6. The number of carbonyl (C=O) groups is 2. The lowest BCUT2D eigenvalue weighted by Gasteiger charge is -2.10. The molecule has 0 spiro atoms. The standard InChI is InChI=1S/C22H19ClN2O3/c1-15-6-2-3-11-20(15)28-14-21(26)24-18-9-4-7-16(12-18)22(27)25-19-10-5-8-17(23)13-19/h2-13H,14H2,1H3,(H,24,26)(H,25,27). The summed E-state index contributed by atoms with van der Waals surface area (Å²) >= 11 is 5.93. The Morgan fingerprint density at radius 1 is 0.893 bits per heavy atom. The van der Waals surface area contributed by atoms with Gasteiger partial charge in [0.05, 0.1) is 0 Å². The van der Waals surface area contributed by atoms with Gasteiger partial charge in [-0.2, -0.15) is 0 Å². The molecule has 0 fully saturated rings. The SMILES string of the molecule is Cc1ccccc1OCC(=O)Nc1cccc(C(=O)Nc2cccc(Cl)c2)c1. The van der Waals surface area contributed by atoms with E-state index in [4.69, 9.17) is 16.3 Å². The van der Waals surface area contributed by atoms with Crippen molar-refractivity contribution in [2.45, 2.75) is 6.92 Å². The maximum atomic E-state index is 12.4. The van der Waals surface area contributed by atoms with Crippen LogP contribution in [0.15, 0.2) is 72.8 Å². The molecule has 6 heteroatoms. The average molecular weight is 395 g/mol. The summed E-state index contributed by atoms with van der Waals surface area (Å²) in [6.45, 7) is 1.79. The number of halogens is 1. The second-order valence-electron chi connectivity index (χ2n) is 6.15. The number of anilines is 2. The molecular weight excluding hydrogens is 376 g/mol. The number of nitrogens with one attached hydrogen (secondary N) is 2. The third-order valence-electron chi connectivity index (χ3n) is 3.94. The van der Waals surface area contributed by atoms with Gasteiger partial charge in [0, 0.05) is 22.0 Å². The Labute approximate surface area is 168 Å². The van der Waals surface area contributed by atoms with E-state index in [2.05, 4.69) is 10.6 Å². The van der Waals surface area contributed by atoms with Crippen molar-refractivity contribution in [2.24, 2.45) is 0 Å². The van der Waals surface area contributed by atoms with Crippen LogP contribution >= 0.6 is 11.6 Å². The summed E-state index contributed by atoms with van der Waals surface area (Å²) in [7, 11) is 0. The van der Waals surface area contributed by atoms with Crippen LogP contribution < -0.4 is 15.4 Å². The Kier molecular flexibility index (Phi) is 6.29. The molecule has 0 aliphatic heterocycles. The van der Waals surface area contributed by atoms with Gasteiger partial charge in [-0.05, 0) is 55.0 Å². The molecule has 142 valence electrons. The number of para-hydroxylation sites is 1. The summed E-state index contributed by atoms with van der Waals surface area (Å²) in [5.41, 5.74) is 2.48. The largest absolute Gasteiger partial charge is 0.483 e. The molecule has 2 N–H and O–H groups in total. The van der Waals surface area contributed by atoms with E-state index in [1.807, 2.05) is 31.2 Å². The van der Waals surface area contributed by atoms with E-state index in [0.717, 1.165) is 5.56 Å². The van der Waals surface area contributed by atoms with E-state index in [1.54, 1.807) is 48.5 Å². The van der Waals surface area contributed by atoms with Crippen LogP contribution in [0.2, 0.25) is 5.02 Å². The van der Waals surface area contributed by atoms with Crippen LogP contribution in [0.3, 0.4) is 0 Å². The Hall–Kier alpha value is -3.31. The van der Waals surface area contributed by atoms with Crippen LogP contribution in [0.25, 0.3) is 0 Å². The van der Waals surface area contributed by atoms with Crippen molar-refractivity contribution in [3.05, 3.63) is 88.9 Å². The van der Waals surface area contributed by atoms with Gasteiger partial charge in [0.25, 0.3) is 11.8 Å². The minimum Gasteiger partial charge on any atom is -0.483 e. The second kappa shape index (κ2) is 9.06. The van der Waals surface area contributed by atoms with Crippen molar-refractivity contribution in [3.8, 4) is 5.75 Å². The summed E-state index contributed by atoms with van der Waals surface area (Å²) < 4.78 is 5.53. The van der Waals surface area contributed by atoms with Crippen LogP contribution in [-0.4, -0.2) is 18.4 Å². The monoisotopic (exact) mass is 394 g/mol. The van der Waals surface area contributed by atoms with E-state index >= 15 is 0 Å². The molecule has 0 aliphatic carbocycles. The van der Waals surface area contributed by atoms with Crippen LogP contribution in [0.1, 0.15) is 15.9 Å². The number of benzene rings is 3.